The number of benzene rings is 2. The fourth-order valence-corrected chi connectivity index (χ4v) is 2.45. The molecule has 0 amide bonds. The van der Waals surface area contributed by atoms with E-state index < -0.39 is 4.92 Å². The highest BCUT2D eigenvalue weighted by molar-refractivity contribution is 5.89. The van der Waals surface area contributed by atoms with Crippen molar-refractivity contribution in [3.8, 4) is 11.8 Å². The summed E-state index contributed by atoms with van der Waals surface area (Å²) >= 11 is 0. The van der Waals surface area contributed by atoms with Crippen molar-refractivity contribution in [2.75, 3.05) is 0 Å². The molecule has 0 aliphatic heterocycles. The van der Waals surface area contributed by atoms with Gasteiger partial charge in [-0.05, 0) is 35.9 Å². The molecule has 116 valence electrons. The molecule has 0 aliphatic rings. The third kappa shape index (κ3) is 3.08. The number of para-hydroxylation sites is 1. The standard InChI is InChI=1S/C19H13N3O2/c20-14-16(15-6-4-9-19(12-15)22(23)24)13-18-10-5-11-21(18)17-7-2-1-3-8-17/h1-13H/b16-13+. The van der Waals surface area contributed by atoms with E-state index >= 15 is 0 Å². The van der Waals surface area contributed by atoms with Crippen LogP contribution >= 0.6 is 0 Å². The van der Waals surface area contributed by atoms with Gasteiger partial charge in [-0.2, -0.15) is 5.26 Å². The minimum absolute atomic E-state index is 0.0351. The van der Waals surface area contributed by atoms with Gasteiger partial charge in [0.05, 0.1) is 16.6 Å². The van der Waals surface area contributed by atoms with Crippen LogP contribution in [0.1, 0.15) is 11.3 Å². The summed E-state index contributed by atoms with van der Waals surface area (Å²) in [6.07, 6.45) is 3.63. The number of nitro groups is 1. The van der Waals surface area contributed by atoms with Gasteiger partial charge in [0.15, 0.2) is 0 Å². The van der Waals surface area contributed by atoms with Crippen molar-refractivity contribution in [2.45, 2.75) is 0 Å². The van der Waals surface area contributed by atoms with Crippen molar-refractivity contribution in [3.63, 3.8) is 0 Å². The maximum absolute atomic E-state index is 10.9. The SMILES string of the molecule is N#C/C(=C\c1cccn1-c1ccccc1)c1cccc([N+](=O)[O-])c1. The van der Waals surface area contributed by atoms with Crippen molar-refractivity contribution in [1.82, 2.24) is 4.57 Å². The molecule has 0 atom stereocenters. The number of nitrogens with zero attached hydrogens (tertiary/aromatic N) is 3. The quantitative estimate of drug-likeness (QED) is 0.405. The first-order chi connectivity index (χ1) is 11.7. The van der Waals surface area contributed by atoms with Crippen LogP contribution in [0.5, 0.6) is 0 Å². The predicted molar refractivity (Wildman–Crippen MR) is 92.3 cm³/mol. The van der Waals surface area contributed by atoms with E-state index in [0.717, 1.165) is 11.4 Å². The second-order valence-corrected chi connectivity index (χ2v) is 5.12. The third-order valence-corrected chi connectivity index (χ3v) is 3.60. The smallest absolute Gasteiger partial charge is 0.270 e. The van der Waals surface area contributed by atoms with Gasteiger partial charge < -0.3 is 4.57 Å². The monoisotopic (exact) mass is 315 g/mol. The lowest BCUT2D eigenvalue weighted by molar-refractivity contribution is -0.384. The van der Waals surface area contributed by atoms with Crippen LogP contribution in [0.2, 0.25) is 0 Å². The van der Waals surface area contributed by atoms with Gasteiger partial charge in [-0.25, -0.2) is 0 Å². The Bertz CT molecular complexity index is 950. The van der Waals surface area contributed by atoms with Crippen LogP contribution in [-0.4, -0.2) is 9.49 Å². The van der Waals surface area contributed by atoms with E-state index in [2.05, 4.69) is 6.07 Å². The molecule has 0 radical (unpaired) electrons. The van der Waals surface area contributed by atoms with E-state index in [4.69, 9.17) is 0 Å². The third-order valence-electron chi connectivity index (χ3n) is 3.60. The van der Waals surface area contributed by atoms with Crippen LogP contribution in [0.15, 0.2) is 72.9 Å². The van der Waals surface area contributed by atoms with E-state index in [1.807, 2.05) is 53.2 Å². The predicted octanol–water partition coefficient (Wildman–Crippen LogP) is 4.45. The molecule has 3 rings (SSSR count). The van der Waals surface area contributed by atoms with Crippen LogP contribution < -0.4 is 0 Å². The summed E-state index contributed by atoms with van der Waals surface area (Å²) in [6.45, 7) is 0. The molecule has 1 aromatic heterocycles. The molecule has 3 aromatic rings. The summed E-state index contributed by atoms with van der Waals surface area (Å²) in [5, 5.41) is 20.4. The first kappa shape index (κ1) is 15.3. The number of nitriles is 1. The number of rotatable bonds is 4. The Morgan fingerprint density at radius 3 is 2.58 bits per heavy atom. The van der Waals surface area contributed by atoms with Crippen LogP contribution in [0.3, 0.4) is 0 Å². The number of aromatic nitrogens is 1. The highest BCUT2D eigenvalue weighted by Crippen LogP contribution is 2.23. The first-order valence-electron chi connectivity index (χ1n) is 7.28. The Hall–Kier alpha value is -3.65. The van der Waals surface area contributed by atoms with Gasteiger partial charge in [0.25, 0.3) is 5.69 Å². The Kier molecular flexibility index (Phi) is 4.21. The highest BCUT2D eigenvalue weighted by atomic mass is 16.6. The average molecular weight is 315 g/mol. The van der Waals surface area contributed by atoms with Crippen molar-refractivity contribution in [2.24, 2.45) is 0 Å². The van der Waals surface area contributed by atoms with Gasteiger partial charge in [-0.3, -0.25) is 10.1 Å². The zero-order chi connectivity index (χ0) is 16.9. The number of allylic oxidation sites excluding steroid dienone is 1. The summed E-state index contributed by atoms with van der Waals surface area (Å²) < 4.78 is 1.95. The highest BCUT2D eigenvalue weighted by Gasteiger charge is 2.10. The van der Waals surface area contributed by atoms with Gasteiger partial charge in [0, 0.05) is 29.7 Å². The van der Waals surface area contributed by atoms with E-state index in [-0.39, 0.29) is 5.69 Å². The molecular weight excluding hydrogens is 302 g/mol. The Labute approximate surface area is 138 Å². The number of hydrogen-bond donors (Lipinski definition) is 0. The molecule has 2 aromatic carbocycles. The van der Waals surface area contributed by atoms with Crippen LogP contribution in [-0.2, 0) is 0 Å². The molecule has 24 heavy (non-hydrogen) atoms. The van der Waals surface area contributed by atoms with Gasteiger partial charge in [-0.15, -0.1) is 0 Å². The maximum atomic E-state index is 10.9. The molecule has 0 fully saturated rings. The second-order valence-electron chi connectivity index (χ2n) is 5.12. The zero-order valence-corrected chi connectivity index (χ0v) is 12.7. The summed E-state index contributed by atoms with van der Waals surface area (Å²) in [4.78, 5) is 10.5. The van der Waals surface area contributed by atoms with E-state index in [9.17, 15) is 15.4 Å². The lowest BCUT2D eigenvalue weighted by atomic mass is 10.1. The van der Waals surface area contributed by atoms with Gasteiger partial charge in [0.2, 0.25) is 0 Å². The second kappa shape index (κ2) is 6.63. The van der Waals surface area contributed by atoms with Crippen molar-refractivity contribution in [3.05, 3.63) is 94.3 Å². The van der Waals surface area contributed by atoms with Crippen LogP contribution in [0.4, 0.5) is 5.69 Å². The molecular formula is C19H13N3O2. The topological polar surface area (TPSA) is 71.9 Å². The fraction of sp³-hybridized carbons (Fsp3) is 0. The van der Waals surface area contributed by atoms with Crippen molar-refractivity contribution in [1.29, 1.82) is 5.26 Å². The molecule has 0 N–H and O–H groups in total. The summed E-state index contributed by atoms with van der Waals surface area (Å²) in [5.74, 6) is 0. The minimum atomic E-state index is -0.467. The Morgan fingerprint density at radius 2 is 1.88 bits per heavy atom. The number of nitro benzene ring substituents is 1. The van der Waals surface area contributed by atoms with Crippen LogP contribution in [0, 0.1) is 21.4 Å². The maximum Gasteiger partial charge on any atom is 0.270 e. The Morgan fingerprint density at radius 1 is 1.08 bits per heavy atom. The first-order valence-corrected chi connectivity index (χ1v) is 7.28. The van der Waals surface area contributed by atoms with E-state index in [1.165, 1.54) is 12.1 Å². The molecule has 5 heteroatoms. The zero-order valence-electron chi connectivity index (χ0n) is 12.7. The molecule has 1 heterocycles. The molecule has 0 bridgehead atoms. The van der Waals surface area contributed by atoms with E-state index in [1.54, 1.807) is 18.2 Å². The number of hydrogen-bond acceptors (Lipinski definition) is 3. The normalized spacial score (nSPS) is 11.0. The number of non-ortho nitro benzene ring substituents is 1. The summed E-state index contributed by atoms with van der Waals surface area (Å²) in [6, 6.07) is 21.7. The molecule has 0 saturated carbocycles. The molecule has 5 nitrogen and oxygen atoms in total. The van der Waals surface area contributed by atoms with Crippen molar-refractivity contribution < 1.29 is 4.92 Å². The molecule has 0 aliphatic carbocycles. The lowest BCUT2D eigenvalue weighted by Gasteiger charge is -2.07. The van der Waals surface area contributed by atoms with Gasteiger partial charge in [0.1, 0.15) is 0 Å². The molecule has 0 spiro atoms. The molecule has 0 saturated heterocycles. The fourth-order valence-electron chi connectivity index (χ4n) is 2.45. The van der Waals surface area contributed by atoms with E-state index in [0.29, 0.717) is 11.1 Å². The van der Waals surface area contributed by atoms with Gasteiger partial charge in [-0.1, -0.05) is 30.3 Å². The van der Waals surface area contributed by atoms with Crippen LogP contribution in [0.25, 0.3) is 17.3 Å². The molecule has 0 unspecified atom stereocenters. The van der Waals surface area contributed by atoms with Crippen molar-refractivity contribution >= 4 is 17.3 Å². The summed E-state index contributed by atoms with van der Waals surface area (Å²) in [5.41, 5.74) is 2.66. The average Bonchev–Trinajstić information content (AvgIpc) is 3.08. The minimum Gasteiger partial charge on any atom is -0.317 e. The van der Waals surface area contributed by atoms with Gasteiger partial charge >= 0.3 is 0 Å². The lowest BCUT2D eigenvalue weighted by Crippen LogP contribution is -1.95. The summed E-state index contributed by atoms with van der Waals surface area (Å²) in [7, 11) is 0. The largest absolute Gasteiger partial charge is 0.317 e. The Balaban J connectivity index is 2.05.